The Morgan fingerprint density at radius 2 is 2.22 bits per heavy atom. The van der Waals surface area contributed by atoms with Gasteiger partial charge in [0.05, 0.1) is 18.1 Å². The number of fused-ring (bicyclic) bond motifs is 1. The third-order valence-corrected chi connectivity index (χ3v) is 4.28. The van der Waals surface area contributed by atoms with Crippen LogP contribution in [0.5, 0.6) is 5.75 Å². The Morgan fingerprint density at radius 3 is 2.89 bits per heavy atom. The maximum Gasteiger partial charge on any atom is 0.318 e. The monoisotopic (exact) mass is 372 g/mol. The molecule has 2 amide bonds. The first-order valence-corrected chi connectivity index (χ1v) is 8.88. The molecule has 2 N–H and O–H groups in total. The molecular formula is C18H24N6O3. The minimum atomic E-state index is -0.355. The number of urea groups is 1. The van der Waals surface area contributed by atoms with E-state index < -0.39 is 0 Å². The lowest BCUT2D eigenvalue weighted by Crippen LogP contribution is -2.42. The van der Waals surface area contributed by atoms with E-state index in [-0.39, 0.29) is 12.1 Å². The smallest absolute Gasteiger partial charge is 0.318 e. The van der Waals surface area contributed by atoms with Gasteiger partial charge in [0.2, 0.25) is 5.89 Å². The normalized spacial score (nSPS) is 12.1. The lowest BCUT2D eigenvalue weighted by atomic mass is 10.3. The van der Waals surface area contributed by atoms with Gasteiger partial charge < -0.3 is 24.5 Å². The van der Waals surface area contributed by atoms with Crippen molar-refractivity contribution in [2.75, 3.05) is 20.2 Å². The highest BCUT2D eigenvalue weighted by molar-refractivity contribution is 5.77. The highest BCUT2D eigenvalue weighted by Gasteiger charge is 2.19. The summed E-state index contributed by atoms with van der Waals surface area (Å²) in [6.07, 6.45) is 0.617. The minimum Gasteiger partial charge on any atom is -0.497 e. The molecule has 0 fully saturated rings. The summed E-state index contributed by atoms with van der Waals surface area (Å²) in [7, 11) is 1.63. The first-order valence-electron chi connectivity index (χ1n) is 8.88. The van der Waals surface area contributed by atoms with Crippen molar-refractivity contribution in [2.45, 2.75) is 33.2 Å². The molecule has 0 bridgehead atoms. The number of imidazole rings is 1. The second-order valence-corrected chi connectivity index (χ2v) is 6.25. The average Bonchev–Trinajstić information content (AvgIpc) is 3.27. The number of carbonyl (C=O) groups is 1. The van der Waals surface area contributed by atoms with Crippen LogP contribution in [0.4, 0.5) is 4.79 Å². The number of hydrogen-bond donors (Lipinski definition) is 2. The Labute approximate surface area is 157 Å². The second kappa shape index (κ2) is 8.07. The quantitative estimate of drug-likeness (QED) is 0.660. The number of H-pyrrole nitrogens is 1. The summed E-state index contributed by atoms with van der Waals surface area (Å²) in [5, 5.41) is 6.63. The molecule has 3 rings (SSSR count). The maximum atomic E-state index is 12.5. The van der Waals surface area contributed by atoms with Gasteiger partial charge in [0.25, 0.3) is 0 Å². The number of rotatable bonds is 7. The predicted octanol–water partition coefficient (Wildman–Crippen LogP) is 2.60. The van der Waals surface area contributed by atoms with Crippen LogP contribution in [0.2, 0.25) is 0 Å². The number of methoxy groups -OCH3 is 1. The van der Waals surface area contributed by atoms with Crippen molar-refractivity contribution in [3.05, 3.63) is 35.7 Å². The van der Waals surface area contributed by atoms with Gasteiger partial charge in [-0.3, -0.25) is 0 Å². The Hall–Kier alpha value is -3.10. The van der Waals surface area contributed by atoms with Crippen LogP contribution in [0.15, 0.2) is 22.7 Å². The number of amides is 2. The molecule has 0 aliphatic rings. The summed E-state index contributed by atoms with van der Waals surface area (Å²) >= 11 is 0. The Kier molecular flexibility index (Phi) is 5.58. The largest absolute Gasteiger partial charge is 0.497 e. The van der Waals surface area contributed by atoms with E-state index in [1.807, 2.05) is 32.0 Å². The van der Waals surface area contributed by atoms with E-state index in [0.717, 1.165) is 22.6 Å². The van der Waals surface area contributed by atoms with Gasteiger partial charge in [-0.2, -0.15) is 4.98 Å². The number of nitrogens with one attached hydrogen (secondary N) is 2. The molecule has 144 valence electrons. The number of ether oxygens (including phenoxy) is 1. The number of benzene rings is 1. The third-order valence-electron chi connectivity index (χ3n) is 4.28. The van der Waals surface area contributed by atoms with E-state index >= 15 is 0 Å². The first kappa shape index (κ1) is 18.7. The number of carbonyl (C=O) groups excluding carboxylic acids is 1. The highest BCUT2D eigenvalue weighted by atomic mass is 16.5. The highest BCUT2D eigenvalue weighted by Crippen LogP contribution is 2.19. The second-order valence-electron chi connectivity index (χ2n) is 6.25. The summed E-state index contributed by atoms with van der Waals surface area (Å²) in [5.41, 5.74) is 1.79. The lowest BCUT2D eigenvalue weighted by Gasteiger charge is -2.22. The van der Waals surface area contributed by atoms with Crippen molar-refractivity contribution in [1.82, 2.24) is 30.3 Å². The molecule has 2 aromatic heterocycles. The zero-order valence-corrected chi connectivity index (χ0v) is 15.9. The van der Waals surface area contributed by atoms with Crippen LogP contribution >= 0.6 is 0 Å². The van der Waals surface area contributed by atoms with Crippen molar-refractivity contribution in [3.8, 4) is 5.75 Å². The molecule has 0 radical (unpaired) electrons. The molecular weight excluding hydrogens is 348 g/mol. The van der Waals surface area contributed by atoms with Gasteiger partial charge in [-0.05, 0) is 32.9 Å². The van der Waals surface area contributed by atoms with Crippen LogP contribution in [-0.2, 0) is 6.42 Å². The first-order chi connectivity index (χ1) is 13.0. The van der Waals surface area contributed by atoms with E-state index in [1.165, 1.54) is 0 Å². The minimum absolute atomic E-state index is 0.182. The molecule has 0 unspecified atom stereocenters. The molecule has 1 atom stereocenters. The summed E-state index contributed by atoms with van der Waals surface area (Å²) in [4.78, 5) is 26.2. The number of aromatic nitrogens is 4. The van der Waals surface area contributed by atoms with Crippen molar-refractivity contribution in [2.24, 2.45) is 0 Å². The molecule has 27 heavy (non-hydrogen) atoms. The van der Waals surface area contributed by atoms with Gasteiger partial charge in [0.15, 0.2) is 5.82 Å². The van der Waals surface area contributed by atoms with Gasteiger partial charge in [-0.15, -0.1) is 0 Å². The zero-order chi connectivity index (χ0) is 19.4. The van der Waals surface area contributed by atoms with Crippen LogP contribution < -0.4 is 10.1 Å². The van der Waals surface area contributed by atoms with Crippen LogP contribution in [0.25, 0.3) is 11.0 Å². The molecule has 2 heterocycles. The van der Waals surface area contributed by atoms with Gasteiger partial charge in [0.1, 0.15) is 17.6 Å². The topological polar surface area (TPSA) is 109 Å². The van der Waals surface area contributed by atoms with Gasteiger partial charge >= 0.3 is 6.03 Å². The van der Waals surface area contributed by atoms with Crippen molar-refractivity contribution in [3.63, 3.8) is 0 Å². The van der Waals surface area contributed by atoms with Gasteiger partial charge in [-0.1, -0.05) is 5.16 Å². The van der Waals surface area contributed by atoms with Crippen LogP contribution in [-0.4, -0.2) is 51.2 Å². The summed E-state index contributed by atoms with van der Waals surface area (Å²) < 4.78 is 10.3. The van der Waals surface area contributed by atoms with Crippen LogP contribution in [0, 0.1) is 6.92 Å². The van der Waals surface area contributed by atoms with Crippen LogP contribution in [0.3, 0.4) is 0 Å². The molecule has 9 nitrogen and oxygen atoms in total. The van der Waals surface area contributed by atoms with Gasteiger partial charge in [0, 0.05) is 25.6 Å². The molecule has 0 spiro atoms. The summed E-state index contributed by atoms with van der Waals surface area (Å²) in [6.45, 7) is 6.60. The van der Waals surface area contributed by atoms with Crippen molar-refractivity contribution in [1.29, 1.82) is 0 Å². The number of hydrogen-bond acceptors (Lipinski definition) is 6. The fourth-order valence-electron chi connectivity index (χ4n) is 2.76. The molecule has 1 aromatic carbocycles. The van der Waals surface area contributed by atoms with Crippen molar-refractivity contribution < 1.29 is 14.1 Å². The van der Waals surface area contributed by atoms with E-state index in [1.54, 1.807) is 18.9 Å². The third kappa shape index (κ3) is 4.36. The molecule has 0 aliphatic heterocycles. The van der Waals surface area contributed by atoms with Crippen LogP contribution in [0.1, 0.15) is 37.4 Å². The summed E-state index contributed by atoms with van der Waals surface area (Å²) in [5.74, 6) is 2.53. The predicted molar refractivity (Wildman–Crippen MR) is 99.6 cm³/mol. The van der Waals surface area contributed by atoms with E-state index in [0.29, 0.717) is 31.2 Å². The van der Waals surface area contributed by atoms with E-state index in [9.17, 15) is 4.79 Å². The number of likely N-dealkylation sites (N-methyl/N-ethyl adjacent to an activating group) is 1. The molecule has 0 saturated heterocycles. The number of nitrogens with zero attached hydrogens (tertiary/aromatic N) is 4. The molecule has 3 aromatic rings. The SMILES string of the molecule is CCN(CCc1nc2ccc(OC)cc2[nH]1)C(=O)N[C@H](C)c1nc(C)no1. The molecule has 0 aliphatic carbocycles. The van der Waals surface area contributed by atoms with Crippen molar-refractivity contribution >= 4 is 17.1 Å². The average molecular weight is 372 g/mol. The fourth-order valence-corrected chi connectivity index (χ4v) is 2.76. The number of aromatic amines is 1. The number of aryl methyl sites for hydroxylation is 1. The zero-order valence-electron chi connectivity index (χ0n) is 15.9. The molecule has 9 heteroatoms. The maximum absolute atomic E-state index is 12.5. The fraction of sp³-hybridized carbons (Fsp3) is 0.444. The Balaban J connectivity index is 1.60. The standard InChI is InChI=1S/C18H24N6O3/c1-5-24(18(25)19-11(2)17-20-12(3)23-27-17)9-8-16-21-14-7-6-13(26-4)10-15(14)22-16/h6-7,10-11H,5,8-9H2,1-4H3,(H,19,25)(H,21,22)/t11-/m1/s1. The molecule has 0 saturated carbocycles. The van der Waals surface area contributed by atoms with E-state index in [4.69, 9.17) is 9.26 Å². The Bertz CT molecular complexity index is 919. The van der Waals surface area contributed by atoms with Gasteiger partial charge in [-0.25, -0.2) is 9.78 Å². The Morgan fingerprint density at radius 1 is 1.41 bits per heavy atom. The van der Waals surface area contributed by atoms with E-state index in [2.05, 4.69) is 25.4 Å². The lowest BCUT2D eigenvalue weighted by molar-refractivity contribution is 0.194. The summed E-state index contributed by atoms with van der Waals surface area (Å²) in [6, 6.07) is 5.15.